The van der Waals surface area contributed by atoms with Crippen LogP contribution in [-0.4, -0.2) is 0 Å². The van der Waals surface area contributed by atoms with Crippen molar-refractivity contribution in [2.45, 2.75) is 33.1 Å². The Hall–Kier alpha value is -0.370. The third kappa shape index (κ3) is 1.62. The van der Waals surface area contributed by atoms with Crippen LogP contribution in [0.2, 0.25) is 0 Å². The molecule has 0 aliphatic carbocycles. The monoisotopic (exact) mass is 170 g/mol. The van der Waals surface area contributed by atoms with Crippen molar-refractivity contribution in [3.05, 3.63) is 16.1 Å². The van der Waals surface area contributed by atoms with E-state index >= 15 is 0 Å². The largest absolute Gasteiger partial charge is 0.234 e. The molecule has 0 saturated carbocycles. The molecule has 0 fully saturated rings. The molecule has 0 N–H and O–H groups in total. The van der Waals surface area contributed by atoms with Crippen molar-refractivity contribution in [1.82, 2.24) is 0 Å². The van der Waals surface area contributed by atoms with Crippen molar-refractivity contribution in [1.29, 1.82) is 0 Å². The summed E-state index contributed by atoms with van der Waals surface area (Å²) in [6.45, 7) is 8.89. The Morgan fingerprint density at radius 3 is 2.09 bits per heavy atom. The van der Waals surface area contributed by atoms with E-state index in [-0.39, 0.29) is 5.41 Å². The van der Waals surface area contributed by atoms with Crippen molar-refractivity contribution in [2.75, 3.05) is 0 Å². The van der Waals surface area contributed by atoms with Gasteiger partial charge in [0.2, 0.25) is 5.01 Å². The van der Waals surface area contributed by atoms with Gasteiger partial charge in [0.1, 0.15) is 7.05 Å². The molecule has 0 aromatic carbocycles. The molecular weight excluding hydrogens is 154 g/mol. The van der Waals surface area contributed by atoms with Crippen LogP contribution >= 0.6 is 11.3 Å². The molecule has 0 atom stereocenters. The van der Waals surface area contributed by atoms with Crippen LogP contribution < -0.4 is 4.57 Å². The standard InChI is InChI=1S/C9H16NS/c1-7-10(5)8(6-11-7)9(2,3)4/h6H,1-5H3/q+1. The maximum Gasteiger partial charge on any atom is 0.234 e. The second-order valence-electron chi connectivity index (χ2n) is 3.95. The van der Waals surface area contributed by atoms with Gasteiger partial charge in [0.25, 0.3) is 0 Å². The average Bonchev–Trinajstić information content (AvgIpc) is 2.11. The first-order chi connectivity index (χ1) is 4.93. The van der Waals surface area contributed by atoms with Crippen LogP contribution in [0, 0.1) is 6.92 Å². The summed E-state index contributed by atoms with van der Waals surface area (Å²) in [6, 6.07) is 0. The van der Waals surface area contributed by atoms with Crippen LogP contribution in [0.5, 0.6) is 0 Å². The number of nitrogens with zero attached hydrogens (tertiary/aromatic N) is 1. The van der Waals surface area contributed by atoms with Gasteiger partial charge in [-0.25, -0.2) is 0 Å². The van der Waals surface area contributed by atoms with Gasteiger partial charge in [0.15, 0.2) is 5.69 Å². The Morgan fingerprint density at radius 2 is 1.91 bits per heavy atom. The molecule has 0 unspecified atom stereocenters. The van der Waals surface area contributed by atoms with E-state index in [2.05, 4.69) is 44.7 Å². The third-order valence-electron chi connectivity index (χ3n) is 1.94. The summed E-state index contributed by atoms with van der Waals surface area (Å²) in [4.78, 5) is 0. The first-order valence-corrected chi connectivity index (χ1v) is 4.75. The molecule has 2 heteroatoms. The number of hydrogen-bond acceptors (Lipinski definition) is 1. The normalized spacial score (nSPS) is 12.1. The predicted octanol–water partition coefficient (Wildman–Crippen LogP) is 2.18. The van der Waals surface area contributed by atoms with Crippen molar-refractivity contribution < 1.29 is 4.57 Å². The average molecular weight is 170 g/mol. The molecule has 0 saturated heterocycles. The fourth-order valence-electron chi connectivity index (χ4n) is 1.15. The highest BCUT2D eigenvalue weighted by molar-refractivity contribution is 7.09. The second-order valence-corrected chi connectivity index (χ2v) is 5.01. The maximum absolute atomic E-state index is 2.27. The fraction of sp³-hybridized carbons (Fsp3) is 0.667. The van der Waals surface area contributed by atoms with Crippen LogP contribution in [0.1, 0.15) is 31.5 Å². The molecule has 1 aromatic rings. The smallest absolute Gasteiger partial charge is 0.193 e. The Kier molecular flexibility index (Phi) is 2.06. The molecule has 1 heterocycles. The molecule has 0 aliphatic heterocycles. The Balaban J connectivity index is 3.15. The van der Waals surface area contributed by atoms with Gasteiger partial charge in [-0.3, -0.25) is 0 Å². The molecule has 11 heavy (non-hydrogen) atoms. The summed E-state index contributed by atoms with van der Waals surface area (Å²) < 4.78 is 2.27. The summed E-state index contributed by atoms with van der Waals surface area (Å²) in [5.74, 6) is 0. The molecule has 1 rings (SSSR count). The number of aromatic nitrogens is 1. The first-order valence-electron chi connectivity index (χ1n) is 3.87. The van der Waals surface area contributed by atoms with E-state index in [9.17, 15) is 0 Å². The molecule has 0 aliphatic rings. The van der Waals surface area contributed by atoms with E-state index in [1.165, 1.54) is 10.7 Å². The van der Waals surface area contributed by atoms with Gasteiger partial charge in [0, 0.05) is 12.3 Å². The zero-order valence-corrected chi connectivity index (χ0v) is 8.75. The molecule has 0 spiro atoms. The lowest BCUT2D eigenvalue weighted by molar-refractivity contribution is -0.683. The topological polar surface area (TPSA) is 3.88 Å². The minimum absolute atomic E-state index is 0.277. The van der Waals surface area contributed by atoms with E-state index in [1.807, 2.05) is 11.3 Å². The van der Waals surface area contributed by atoms with Crippen LogP contribution in [0.25, 0.3) is 0 Å². The summed E-state index contributed by atoms with van der Waals surface area (Å²) in [6.07, 6.45) is 0. The van der Waals surface area contributed by atoms with Crippen molar-refractivity contribution >= 4 is 11.3 Å². The van der Waals surface area contributed by atoms with E-state index in [0.29, 0.717) is 0 Å². The van der Waals surface area contributed by atoms with Gasteiger partial charge in [-0.05, 0) is 0 Å². The van der Waals surface area contributed by atoms with Crippen LogP contribution in [0.4, 0.5) is 0 Å². The lowest BCUT2D eigenvalue weighted by Crippen LogP contribution is -2.38. The Bertz CT molecular complexity index is 255. The van der Waals surface area contributed by atoms with Crippen molar-refractivity contribution in [3.63, 3.8) is 0 Å². The summed E-state index contributed by atoms with van der Waals surface area (Å²) >= 11 is 1.82. The maximum atomic E-state index is 2.27. The zero-order chi connectivity index (χ0) is 8.65. The Morgan fingerprint density at radius 1 is 1.36 bits per heavy atom. The summed E-state index contributed by atoms with van der Waals surface area (Å²) in [7, 11) is 2.13. The minimum Gasteiger partial charge on any atom is -0.193 e. The zero-order valence-electron chi connectivity index (χ0n) is 7.93. The Labute approximate surface area is 72.7 Å². The number of hydrogen-bond donors (Lipinski definition) is 0. The molecule has 1 aromatic heterocycles. The van der Waals surface area contributed by atoms with E-state index in [0.717, 1.165) is 0 Å². The van der Waals surface area contributed by atoms with Crippen LogP contribution in [0.3, 0.4) is 0 Å². The molecule has 62 valence electrons. The number of thiazole rings is 1. The van der Waals surface area contributed by atoms with E-state index in [4.69, 9.17) is 0 Å². The highest BCUT2D eigenvalue weighted by Gasteiger charge is 2.25. The van der Waals surface area contributed by atoms with Gasteiger partial charge in [-0.2, -0.15) is 4.57 Å². The van der Waals surface area contributed by atoms with E-state index < -0.39 is 0 Å². The minimum atomic E-state index is 0.277. The molecule has 1 nitrogen and oxygen atoms in total. The predicted molar refractivity (Wildman–Crippen MR) is 48.9 cm³/mol. The number of rotatable bonds is 0. The number of aryl methyl sites for hydroxylation is 1. The van der Waals surface area contributed by atoms with Gasteiger partial charge >= 0.3 is 0 Å². The quantitative estimate of drug-likeness (QED) is 0.525. The van der Waals surface area contributed by atoms with Gasteiger partial charge in [-0.15, -0.1) is 0 Å². The lowest BCUT2D eigenvalue weighted by Gasteiger charge is -2.11. The fourth-order valence-corrected chi connectivity index (χ4v) is 2.20. The SMILES string of the molecule is Cc1scc(C(C)(C)C)[n+]1C. The lowest BCUT2D eigenvalue weighted by atomic mass is 9.93. The van der Waals surface area contributed by atoms with Crippen LogP contribution in [-0.2, 0) is 12.5 Å². The summed E-state index contributed by atoms with van der Waals surface area (Å²) in [5, 5.41) is 3.62. The molecule has 0 amide bonds. The highest BCUT2D eigenvalue weighted by Crippen LogP contribution is 2.21. The second kappa shape index (κ2) is 2.59. The van der Waals surface area contributed by atoms with Crippen LogP contribution in [0.15, 0.2) is 5.38 Å². The highest BCUT2D eigenvalue weighted by atomic mass is 32.1. The summed E-state index contributed by atoms with van der Waals surface area (Å²) in [5.41, 5.74) is 1.69. The van der Waals surface area contributed by atoms with Crippen molar-refractivity contribution in [2.24, 2.45) is 7.05 Å². The molecule has 0 radical (unpaired) electrons. The third-order valence-corrected chi connectivity index (χ3v) is 2.90. The van der Waals surface area contributed by atoms with Crippen molar-refractivity contribution in [3.8, 4) is 0 Å². The van der Waals surface area contributed by atoms with Gasteiger partial charge in [-0.1, -0.05) is 32.1 Å². The van der Waals surface area contributed by atoms with E-state index in [1.54, 1.807) is 0 Å². The first kappa shape index (κ1) is 8.72. The van der Waals surface area contributed by atoms with Gasteiger partial charge < -0.3 is 0 Å². The van der Waals surface area contributed by atoms with Gasteiger partial charge in [0.05, 0.1) is 5.38 Å². The molecule has 0 bridgehead atoms. The molecular formula is C9H16NS+.